The molecular weight excluding hydrogens is 328 g/mol. The second-order valence-corrected chi connectivity index (χ2v) is 7.46. The first kappa shape index (κ1) is 16.9. The maximum Gasteiger partial charge on any atom is 0.309 e. The van der Waals surface area contributed by atoms with Gasteiger partial charge in [-0.3, -0.25) is 9.78 Å². The number of anilines is 1. The van der Waals surface area contributed by atoms with Gasteiger partial charge >= 0.3 is 5.97 Å². The number of nitrogens with zero attached hydrogens (tertiary/aromatic N) is 3. The van der Waals surface area contributed by atoms with Crippen LogP contribution in [0.5, 0.6) is 0 Å². The van der Waals surface area contributed by atoms with Crippen molar-refractivity contribution < 1.29 is 9.53 Å². The molecule has 1 saturated carbocycles. The van der Waals surface area contributed by atoms with E-state index < -0.39 is 5.60 Å². The molecule has 0 aromatic carbocycles. The predicted octanol–water partition coefficient (Wildman–Crippen LogP) is 3.60. The smallest absolute Gasteiger partial charge is 0.309 e. The lowest BCUT2D eigenvalue weighted by Crippen LogP contribution is -2.28. The number of aromatic nitrogens is 3. The van der Waals surface area contributed by atoms with Gasteiger partial charge in [0.1, 0.15) is 11.4 Å². The van der Waals surface area contributed by atoms with Crippen molar-refractivity contribution in [1.29, 1.82) is 0 Å². The molecule has 3 rings (SSSR count). The quantitative estimate of drug-likeness (QED) is 0.674. The van der Waals surface area contributed by atoms with E-state index in [0.717, 1.165) is 24.6 Å². The fourth-order valence-electron chi connectivity index (χ4n) is 2.97. The minimum Gasteiger partial charge on any atom is -0.460 e. The van der Waals surface area contributed by atoms with Gasteiger partial charge < -0.3 is 10.1 Å². The standard InChI is InChI=1S/C17H21ClN4O2/c1-17(2,3)24-15(23)10-4-5-11(8-10)20-14-12-6-7-19-9-13(12)21-16(18)22-14/h6-7,9-11H,4-5,8H2,1-3H3,(H,20,21,22)/t10?,11-/m1/s1. The topological polar surface area (TPSA) is 77.0 Å². The van der Waals surface area contributed by atoms with E-state index >= 15 is 0 Å². The molecule has 2 atom stereocenters. The Bertz CT molecular complexity index is 760. The van der Waals surface area contributed by atoms with Gasteiger partial charge in [0.15, 0.2) is 0 Å². The van der Waals surface area contributed by atoms with Crippen LogP contribution in [0.15, 0.2) is 18.5 Å². The van der Waals surface area contributed by atoms with E-state index in [1.807, 2.05) is 26.8 Å². The highest BCUT2D eigenvalue weighted by molar-refractivity contribution is 6.28. The van der Waals surface area contributed by atoms with Gasteiger partial charge in [-0.2, -0.15) is 0 Å². The molecule has 128 valence electrons. The summed E-state index contributed by atoms with van der Waals surface area (Å²) < 4.78 is 5.49. The molecule has 24 heavy (non-hydrogen) atoms. The van der Waals surface area contributed by atoms with Crippen LogP contribution >= 0.6 is 11.6 Å². The van der Waals surface area contributed by atoms with Gasteiger partial charge in [-0.25, -0.2) is 9.97 Å². The third kappa shape index (κ3) is 3.93. The van der Waals surface area contributed by atoms with Gasteiger partial charge in [-0.05, 0) is 57.7 Å². The van der Waals surface area contributed by atoms with E-state index in [0.29, 0.717) is 11.3 Å². The number of ether oxygens (including phenoxy) is 1. The summed E-state index contributed by atoms with van der Waals surface area (Å²) in [6, 6.07) is 2.01. The van der Waals surface area contributed by atoms with Crippen molar-refractivity contribution in [3.63, 3.8) is 0 Å². The zero-order valence-electron chi connectivity index (χ0n) is 14.0. The Hall–Kier alpha value is -1.95. The van der Waals surface area contributed by atoms with Crippen LogP contribution < -0.4 is 5.32 Å². The Labute approximate surface area is 146 Å². The number of nitrogens with one attached hydrogen (secondary N) is 1. The van der Waals surface area contributed by atoms with E-state index in [1.165, 1.54) is 0 Å². The molecule has 1 aliphatic carbocycles. The second kappa shape index (κ2) is 6.51. The Morgan fingerprint density at radius 1 is 1.33 bits per heavy atom. The zero-order valence-corrected chi connectivity index (χ0v) is 14.8. The predicted molar refractivity (Wildman–Crippen MR) is 92.9 cm³/mol. The van der Waals surface area contributed by atoms with Crippen molar-refractivity contribution in [1.82, 2.24) is 15.0 Å². The summed E-state index contributed by atoms with van der Waals surface area (Å²) in [7, 11) is 0. The molecule has 1 aliphatic rings. The summed E-state index contributed by atoms with van der Waals surface area (Å²) >= 11 is 6.00. The molecule has 1 unspecified atom stereocenters. The molecule has 0 saturated heterocycles. The maximum atomic E-state index is 12.2. The van der Waals surface area contributed by atoms with Gasteiger partial charge in [-0.15, -0.1) is 0 Å². The van der Waals surface area contributed by atoms with Gasteiger partial charge in [-0.1, -0.05) is 0 Å². The molecular formula is C17H21ClN4O2. The van der Waals surface area contributed by atoms with Crippen LogP contribution in [0.2, 0.25) is 5.28 Å². The number of pyridine rings is 1. The van der Waals surface area contributed by atoms with Crippen molar-refractivity contribution in [3.05, 3.63) is 23.7 Å². The fourth-order valence-corrected chi connectivity index (χ4v) is 3.14. The number of rotatable bonds is 3. The number of carbonyl (C=O) groups is 1. The van der Waals surface area contributed by atoms with Crippen molar-refractivity contribution >= 4 is 34.3 Å². The molecule has 2 aromatic rings. The Balaban J connectivity index is 1.71. The Morgan fingerprint density at radius 2 is 2.12 bits per heavy atom. The summed E-state index contributed by atoms with van der Waals surface area (Å²) in [5.74, 6) is 0.482. The number of hydrogen-bond acceptors (Lipinski definition) is 6. The van der Waals surface area contributed by atoms with E-state index in [9.17, 15) is 4.79 Å². The van der Waals surface area contributed by atoms with Crippen LogP contribution in [0.25, 0.3) is 10.9 Å². The third-order valence-corrected chi connectivity index (χ3v) is 4.15. The molecule has 2 aromatic heterocycles. The number of halogens is 1. The second-order valence-electron chi connectivity index (χ2n) is 7.12. The number of hydrogen-bond donors (Lipinski definition) is 1. The van der Waals surface area contributed by atoms with Crippen LogP contribution in [-0.2, 0) is 9.53 Å². The highest BCUT2D eigenvalue weighted by Gasteiger charge is 2.33. The number of esters is 1. The minimum atomic E-state index is -0.452. The highest BCUT2D eigenvalue weighted by Crippen LogP contribution is 2.31. The first-order chi connectivity index (χ1) is 11.3. The molecule has 0 bridgehead atoms. The van der Waals surface area contributed by atoms with Crippen LogP contribution in [0.3, 0.4) is 0 Å². The number of fused-ring (bicyclic) bond motifs is 1. The van der Waals surface area contributed by atoms with Crippen molar-refractivity contribution in [2.75, 3.05) is 5.32 Å². The Kier molecular flexibility index (Phi) is 4.58. The minimum absolute atomic E-state index is 0.0769. The van der Waals surface area contributed by atoms with E-state index in [-0.39, 0.29) is 23.2 Å². The van der Waals surface area contributed by atoms with E-state index in [4.69, 9.17) is 16.3 Å². The molecule has 1 N–H and O–H groups in total. The lowest BCUT2D eigenvalue weighted by atomic mass is 10.1. The molecule has 2 heterocycles. The van der Waals surface area contributed by atoms with Gasteiger partial charge in [0.25, 0.3) is 0 Å². The van der Waals surface area contributed by atoms with Crippen LogP contribution in [0.1, 0.15) is 40.0 Å². The maximum absolute atomic E-state index is 12.2. The third-order valence-electron chi connectivity index (χ3n) is 3.99. The summed E-state index contributed by atoms with van der Waals surface area (Å²) in [5, 5.41) is 4.45. The summed E-state index contributed by atoms with van der Waals surface area (Å²) in [5.41, 5.74) is 0.244. The molecule has 0 spiro atoms. The molecule has 6 nitrogen and oxygen atoms in total. The van der Waals surface area contributed by atoms with Gasteiger partial charge in [0.2, 0.25) is 5.28 Å². The first-order valence-electron chi connectivity index (χ1n) is 8.08. The fraction of sp³-hybridized carbons (Fsp3) is 0.529. The first-order valence-corrected chi connectivity index (χ1v) is 8.46. The van der Waals surface area contributed by atoms with Crippen molar-refractivity contribution in [2.24, 2.45) is 5.92 Å². The summed E-state index contributed by atoms with van der Waals surface area (Å²) in [6.45, 7) is 5.66. The van der Waals surface area contributed by atoms with Crippen LogP contribution in [-0.4, -0.2) is 32.6 Å². The SMILES string of the molecule is CC(C)(C)OC(=O)C1CC[C@@H](Nc2nc(Cl)nc3cnccc23)C1. The Morgan fingerprint density at radius 3 is 2.88 bits per heavy atom. The average Bonchev–Trinajstić information content (AvgIpc) is 2.94. The molecule has 0 aliphatic heterocycles. The highest BCUT2D eigenvalue weighted by atomic mass is 35.5. The van der Waals surface area contributed by atoms with Crippen molar-refractivity contribution in [2.45, 2.75) is 51.7 Å². The lowest BCUT2D eigenvalue weighted by Gasteiger charge is -2.22. The monoisotopic (exact) mass is 348 g/mol. The largest absolute Gasteiger partial charge is 0.460 e. The van der Waals surface area contributed by atoms with Crippen LogP contribution in [0.4, 0.5) is 5.82 Å². The lowest BCUT2D eigenvalue weighted by molar-refractivity contribution is -0.159. The van der Waals surface area contributed by atoms with Gasteiger partial charge in [0, 0.05) is 17.6 Å². The van der Waals surface area contributed by atoms with Gasteiger partial charge in [0.05, 0.1) is 17.6 Å². The summed E-state index contributed by atoms with van der Waals surface area (Å²) in [4.78, 5) is 24.7. The van der Waals surface area contributed by atoms with Crippen molar-refractivity contribution in [3.8, 4) is 0 Å². The molecule has 7 heteroatoms. The van der Waals surface area contributed by atoms with Crippen LogP contribution in [0, 0.1) is 5.92 Å². The summed E-state index contributed by atoms with van der Waals surface area (Å²) in [6.07, 6.45) is 5.78. The molecule has 0 amide bonds. The number of carbonyl (C=O) groups excluding carboxylic acids is 1. The molecule has 1 fully saturated rings. The average molecular weight is 349 g/mol. The molecule has 0 radical (unpaired) electrons. The van der Waals surface area contributed by atoms with E-state index in [2.05, 4.69) is 20.3 Å². The zero-order chi connectivity index (χ0) is 17.3. The van der Waals surface area contributed by atoms with E-state index in [1.54, 1.807) is 12.4 Å². The normalized spacial score (nSPS) is 21.0.